The predicted octanol–water partition coefficient (Wildman–Crippen LogP) is 2.23. The SMILES string of the molecule is O=C1CCCC(C(NC(=O)C2C=CC(C(F)(F)F)=NC2=O)c2ccccc2)N1. The van der Waals surface area contributed by atoms with Gasteiger partial charge in [-0.05, 0) is 24.5 Å². The highest BCUT2D eigenvalue weighted by molar-refractivity contribution is 6.14. The molecule has 2 N–H and O–H groups in total. The second-order valence-corrected chi connectivity index (χ2v) is 6.63. The number of dihydropyridines is 1. The maximum absolute atomic E-state index is 12.7. The van der Waals surface area contributed by atoms with Gasteiger partial charge in [0, 0.05) is 6.42 Å². The van der Waals surface area contributed by atoms with E-state index in [1.807, 2.05) is 0 Å². The van der Waals surface area contributed by atoms with Gasteiger partial charge in [0.2, 0.25) is 11.8 Å². The van der Waals surface area contributed by atoms with E-state index in [1.165, 1.54) is 0 Å². The Hall–Kier alpha value is -2.97. The van der Waals surface area contributed by atoms with Crippen molar-refractivity contribution < 1.29 is 27.6 Å². The molecule has 0 spiro atoms. The predicted molar refractivity (Wildman–Crippen MR) is 94.2 cm³/mol. The van der Waals surface area contributed by atoms with E-state index in [-0.39, 0.29) is 11.9 Å². The Kier molecular flexibility index (Phi) is 5.62. The molecule has 3 unspecified atom stereocenters. The first kappa shape index (κ1) is 19.8. The Labute approximate surface area is 158 Å². The zero-order valence-electron chi connectivity index (χ0n) is 14.7. The number of hydrogen-bond acceptors (Lipinski definition) is 3. The molecule has 3 atom stereocenters. The van der Waals surface area contributed by atoms with Crippen LogP contribution in [0.1, 0.15) is 30.9 Å². The van der Waals surface area contributed by atoms with Crippen LogP contribution in [0.15, 0.2) is 47.5 Å². The molecule has 3 amide bonds. The summed E-state index contributed by atoms with van der Waals surface area (Å²) in [5.74, 6) is -3.53. The molecule has 1 saturated heterocycles. The topological polar surface area (TPSA) is 87.6 Å². The first-order chi connectivity index (χ1) is 13.3. The van der Waals surface area contributed by atoms with Crippen LogP contribution in [-0.4, -0.2) is 35.7 Å². The van der Waals surface area contributed by atoms with Crippen LogP contribution in [0.4, 0.5) is 13.2 Å². The van der Waals surface area contributed by atoms with E-state index in [9.17, 15) is 27.6 Å². The Balaban J connectivity index is 1.79. The fourth-order valence-electron chi connectivity index (χ4n) is 3.26. The van der Waals surface area contributed by atoms with Crippen molar-refractivity contribution in [3.8, 4) is 0 Å². The van der Waals surface area contributed by atoms with Crippen molar-refractivity contribution in [2.24, 2.45) is 10.9 Å². The number of allylic oxidation sites excluding steroid dienone is 1. The van der Waals surface area contributed by atoms with Gasteiger partial charge in [0.25, 0.3) is 5.91 Å². The van der Waals surface area contributed by atoms with Gasteiger partial charge in [-0.3, -0.25) is 14.4 Å². The van der Waals surface area contributed by atoms with Gasteiger partial charge in [-0.2, -0.15) is 13.2 Å². The second-order valence-electron chi connectivity index (χ2n) is 6.63. The number of carbonyl (C=O) groups is 3. The summed E-state index contributed by atoms with van der Waals surface area (Å²) in [5.41, 5.74) is -0.615. The number of rotatable bonds is 4. The Morgan fingerprint density at radius 3 is 2.54 bits per heavy atom. The average Bonchev–Trinajstić information content (AvgIpc) is 2.65. The molecule has 148 valence electrons. The van der Waals surface area contributed by atoms with Crippen LogP contribution in [0.5, 0.6) is 0 Å². The molecule has 9 heteroatoms. The van der Waals surface area contributed by atoms with Crippen molar-refractivity contribution >= 4 is 23.4 Å². The average molecular weight is 393 g/mol. The lowest BCUT2D eigenvalue weighted by molar-refractivity contribution is -0.133. The summed E-state index contributed by atoms with van der Waals surface area (Å²) in [5, 5.41) is 5.53. The fourth-order valence-corrected chi connectivity index (χ4v) is 3.26. The van der Waals surface area contributed by atoms with Crippen molar-refractivity contribution in [1.29, 1.82) is 0 Å². The minimum Gasteiger partial charge on any atom is -0.351 e. The van der Waals surface area contributed by atoms with E-state index in [0.717, 1.165) is 11.6 Å². The molecule has 0 saturated carbocycles. The van der Waals surface area contributed by atoms with Crippen LogP contribution in [0.2, 0.25) is 0 Å². The maximum Gasteiger partial charge on any atom is 0.433 e. The number of hydrogen-bond donors (Lipinski definition) is 2. The molecule has 0 radical (unpaired) electrons. The molecule has 28 heavy (non-hydrogen) atoms. The largest absolute Gasteiger partial charge is 0.433 e. The molecule has 0 aliphatic carbocycles. The highest BCUT2D eigenvalue weighted by Gasteiger charge is 2.39. The number of aliphatic imine (C=N–C) groups is 1. The summed E-state index contributed by atoms with van der Waals surface area (Å²) in [6.45, 7) is 0. The third kappa shape index (κ3) is 4.47. The van der Waals surface area contributed by atoms with Gasteiger partial charge in [0.15, 0.2) is 0 Å². The van der Waals surface area contributed by atoms with E-state index in [1.54, 1.807) is 30.3 Å². The number of amides is 3. The molecule has 3 rings (SSSR count). The van der Waals surface area contributed by atoms with E-state index in [4.69, 9.17) is 0 Å². The van der Waals surface area contributed by atoms with Crippen LogP contribution < -0.4 is 10.6 Å². The van der Waals surface area contributed by atoms with Crippen molar-refractivity contribution in [3.63, 3.8) is 0 Å². The molecule has 1 aromatic rings. The summed E-state index contributed by atoms with van der Waals surface area (Å²) < 4.78 is 38.0. The van der Waals surface area contributed by atoms with Crippen LogP contribution in [0.25, 0.3) is 0 Å². The van der Waals surface area contributed by atoms with Crippen LogP contribution in [-0.2, 0) is 14.4 Å². The lowest BCUT2D eigenvalue weighted by Gasteiger charge is -2.32. The molecular weight excluding hydrogens is 375 g/mol. The van der Waals surface area contributed by atoms with Crippen molar-refractivity contribution in [1.82, 2.24) is 10.6 Å². The first-order valence-electron chi connectivity index (χ1n) is 8.78. The highest BCUT2D eigenvalue weighted by Crippen LogP contribution is 2.26. The molecule has 1 fully saturated rings. The van der Waals surface area contributed by atoms with E-state index in [0.29, 0.717) is 25.3 Å². The number of nitrogens with zero attached hydrogens (tertiary/aromatic N) is 1. The van der Waals surface area contributed by atoms with Crippen molar-refractivity contribution in [2.45, 2.75) is 37.5 Å². The van der Waals surface area contributed by atoms with Gasteiger partial charge in [0.1, 0.15) is 11.6 Å². The summed E-state index contributed by atoms with van der Waals surface area (Å²) in [7, 11) is 0. The number of halogens is 3. The summed E-state index contributed by atoms with van der Waals surface area (Å²) in [6, 6.07) is 7.86. The first-order valence-corrected chi connectivity index (χ1v) is 8.78. The smallest absolute Gasteiger partial charge is 0.351 e. The molecule has 2 aliphatic heterocycles. The van der Waals surface area contributed by atoms with Crippen LogP contribution >= 0.6 is 0 Å². The van der Waals surface area contributed by atoms with Gasteiger partial charge in [-0.15, -0.1) is 0 Å². The molecule has 0 bridgehead atoms. The quantitative estimate of drug-likeness (QED) is 0.769. The molecule has 2 aliphatic rings. The van der Waals surface area contributed by atoms with Gasteiger partial charge in [0.05, 0.1) is 12.1 Å². The van der Waals surface area contributed by atoms with Gasteiger partial charge >= 0.3 is 6.18 Å². The Morgan fingerprint density at radius 1 is 1.21 bits per heavy atom. The van der Waals surface area contributed by atoms with E-state index >= 15 is 0 Å². The van der Waals surface area contributed by atoms with Crippen molar-refractivity contribution in [3.05, 3.63) is 48.0 Å². The molecule has 0 aromatic heterocycles. The van der Waals surface area contributed by atoms with Gasteiger partial charge < -0.3 is 10.6 Å². The minimum absolute atomic E-state index is 0.139. The Bertz CT molecular complexity index is 834. The van der Waals surface area contributed by atoms with Crippen LogP contribution in [0, 0.1) is 5.92 Å². The lowest BCUT2D eigenvalue weighted by atomic mass is 9.91. The molecule has 2 heterocycles. The molecule has 6 nitrogen and oxygen atoms in total. The number of alkyl halides is 3. The van der Waals surface area contributed by atoms with Gasteiger partial charge in [-0.25, -0.2) is 4.99 Å². The maximum atomic E-state index is 12.7. The van der Waals surface area contributed by atoms with E-state index in [2.05, 4.69) is 15.6 Å². The highest BCUT2D eigenvalue weighted by atomic mass is 19.4. The summed E-state index contributed by atoms with van der Waals surface area (Å²) in [6.07, 6.45) is -1.56. The minimum atomic E-state index is -4.76. The normalized spacial score (nSPS) is 23.6. The third-order valence-corrected chi connectivity index (χ3v) is 4.64. The second kappa shape index (κ2) is 7.95. The number of nitrogens with one attached hydrogen (secondary N) is 2. The fraction of sp³-hybridized carbons (Fsp3) is 0.368. The standard InChI is InChI=1S/C19H18F3N3O3/c20-19(21,22)14-10-9-12(17(27)24-14)18(28)25-16(11-5-2-1-3-6-11)13-7-4-8-15(26)23-13/h1-3,5-6,9-10,12-13,16H,4,7-8H2,(H,23,26)(H,25,28). The lowest BCUT2D eigenvalue weighted by Crippen LogP contribution is -2.50. The molecular formula is C19H18F3N3O3. The van der Waals surface area contributed by atoms with Gasteiger partial charge in [-0.1, -0.05) is 36.4 Å². The number of carbonyl (C=O) groups excluding carboxylic acids is 3. The Morgan fingerprint density at radius 2 is 1.93 bits per heavy atom. The van der Waals surface area contributed by atoms with Crippen LogP contribution in [0.3, 0.4) is 0 Å². The molecule has 1 aromatic carbocycles. The zero-order chi connectivity index (χ0) is 20.3. The summed E-state index contributed by atoms with van der Waals surface area (Å²) >= 11 is 0. The monoisotopic (exact) mass is 393 g/mol. The van der Waals surface area contributed by atoms with E-state index < -0.39 is 35.7 Å². The summed E-state index contributed by atoms with van der Waals surface area (Å²) in [4.78, 5) is 39.4. The number of piperidine rings is 1. The number of benzene rings is 1. The third-order valence-electron chi connectivity index (χ3n) is 4.64. The van der Waals surface area contributed by atoms with Crippen molar-refractivity contribution in [2.75, 3.05) is 0 Å². The zero-order valence-corrected chi connectivity index (χ0v) is 14.7.